The minimum atomic E-state index is 0.446. The predicted molar refractivity (Wildman–Crippen MR) is 90.3 cm³/mol. The van der Waals surface area contributed by atoms with Gasteiger partial charge in [-0.3, -0.25) is 4.90 Å². The molecule has 1 spiro atoms. The van der Waals surface area contributed by atoms with Gasteiger partial charge < -0.3 is 5.73 Å². The lowest BCUT2D eigenvalue weighted by Gasteiger charge is -2.44. The molecular weight excluding hydrogens is 276 g/mol. The fraction of sp³-hybridized carbons (Fsp3) is 0.667. The molecule has 1 aliphatic carbocycles. The molecule has 114 valence electrons. The van der Waals surface area contributed by atoms with Crippen LogP contribution >= 0.6 is 11.3 Å². The van der Waals surface area contributed by atoms with Crippen LogP contribution in [0.4, 0.5) is 0 Å². The van der Waals surface area contributed by atoms with Crippen molar-refractivity contribution >= 4 is 11.3 Å². The Hall–Kier alpha value is -0.820. The maximum Gasteiger partial charge on any atom is 0.0772 e. The van der Waals surface area contributed by atoms with E-state index in [1.165, 1.54) is 62.9 Å². The van der Waals surface area contributed by atoms with Crippen LogP contribution in [-0.4, -0.2) is 24.5 Å². The molecule has 0 amide bonds. The van der Waals surface area contributed by atoms with Gasteiger partial charge in [0.2, 0.25) is 0 Å². The summed E-state index contributed by atoms with van der Waals surface area (Å²) in [4.78, 5) is 5.22. The molecule has 1 aromatic rings. The molecule has 1 saturated heterocycles. The van der Waals surface area contributed by atoms with Gasteiger partial charge in [0.15, 0.2) is 0 Å². The monoisotopic (exact) mass is 302 g/mol. The highest BCUT2D eigenvalue weighted by atomic mass is 32.1. The van der Waals surface area contributed by atoms with Crippen molar-refractivity contribution in [2.75, 3.05) is 19.6 Å². The SMILES string of the molecule is NCC#Cc1ccc(CN2CCC3(CCCCC3)CC2)s1. The summed E-state index contributed by atoms with van der Waals surface area (Å²) in [5, 5.41) is 0. The summed E-state index contributed by atoms with van der Waals surface area (Å²) in [5.41, 5.74) is 6.13. The molecule has 2 aliphatic rings. The zero-order chi connectivity index (χ0) is 14.5. The molecule has 0 unspecified atom stereocenters. The smallest absolute Gasteiger partial charge is 0.0772 e. The topological polar surface area (TPSA) is 29.3 Å². The second kappa shape index (κ2) is 6.96. The van der Waals surface area contributed by atoms with Crippen LogP contribution in [0.15, 0.2) is 12.1 Å². The van der Waals surface area contributed by atoms with Crippen LogP contribution in [0.2, 0.25) is 0 Å². The standard InChI is InChI=1S/C18H26N2S/c19-12-4-5-16-6-7-17(21-16)15-20-13-10-18(11-14-20)8-2-1-3-9-18/h6-7H,1-3,8-15,19H2. The van der Waals surface area contributed by atoms with Crippen LogP contribution in [0.25, 0.3) is 0 Å². The van der Waals surface area contributed by atoms with Gasteiger partial charge in [0.25, 0.3) is 0 Å². The van der Waals surface area contributed by atoms with Crippen molar-refractivity contribution in [2.24, 2.45) is 11.1 Å². The summed E-state index contributed by atoms with van der Waals surface area (Å²) in [6.45, 7) is 4.11. The summed E-state index contributed by atoms with van der Waals surface area (Å²) in [6, 6.07) is 4.37. The maximum atomic E-state index is 5.42. The fourth-order valence-corrected chi connectivity index (χ4v) is 4.80. The average Bonchev–Trinajstić information content (AvgIpc) is 2.96. The number of rotatable bonds is 2. The van der Waals surface area contributed by atoms with E-state index in [0.29, 0.717) is 12.0 Å². The quantitative estimate of drug-likeness (QED) is 0.846. The lowest BCUT2D eigenvalue weighted by Crippen LogP contribution is -2.40. The summed E-state index contributed by atoms with van der Waals surface area (Å²) in [5.74, 6) is 6.07. The van der Waals surface area contributed by atoms with Crippen molar-refractivity contribution in [1.29, 1.82) is 0 Å². The van der Waals surface area contributed by atoms with E-state index in [-0.39, 0.29) is 0 Å². The third kappa shape index (κ3) is 3.88. The Morgan fingerprint density at radius 1 is 1.10 bits per heavy atom. The second-order valence-electron chi connectivity index (χ2n) is 6.61. The molecule has 2 fully saturated rings. The molecule has 0 aromatic carbocycles. The Balaban J connectivity index is 1.52. The molecule has 0 atom stereocenters. The molecule has 3 heteroatoms. The van der Waals surface area contributed by atoms with Crippen LogP contribution in [0, 0.1) is 17.3 Å². The zero-order valence-corrected chi connectivity index (χ0v) is 13.7. The fourth-order valence-electron chi connectivity index (χ4n) is 3.88. The lowest BCUT2D eigenvalue weighted by molar-refractivity contribution is 0.0646. The molecule has 2 heterocycles. The van der Waals surface area contributed by atoms with E-state index in [1.807, 2.05) is 11.3 Å². The van der Waals surface area contributed by atoms with Gasteiger partial charge >= 0.3 is 0 Å². The number of hydrogen-bond donors (Lipinski definition) is 1. The summed E-state index contributed by atoms with van der Waals surface area (Å²) in [7, 11) is 0. The number of nitrogens with two attached hydrogens (primary N) is 1. The van der Waals surface area contributed by atoms with Gasteiger partial charge in [-0.15, -0.1) is 11.3 Å². The molecule has 1 saturated carbocycles. The van der Waals surface area contributed by atoms with Crippen molar-refractivity contribution in [1.82, 2.24) is 4.90 Å². The van der Waals surface area contributed by atoms with E-state index in [9.17, 15) is 0 Å². The third-order valence-electron chi connectivity index (χ3n) is 5.19. The molecule has 0 radical (unpaired) electrons. The van der Waals surface area contributed by atoms with Gasteiger partial charge in [0.1, 0.15) is 0 Å². The van der Waals surface area contributed by atoms with Crippen molar-refractivity contribution in [3.05, 3.63) is 21.9 Å². The largest absolute Gasteiger partial charge is 0.320 e. The molecule has 2 nitrogen and oxygen atoms in total. The van der Waals surface area contributed by atoms with Crippen LogP contribution in [0.5, 0.6) is 0 Å². The molecule has 3 rings (SSSR count). The van der Waals surface area contributed by atoms with E-state index in [2.05, 4.69) is 28.9 Å². The van der Waals surface area contributed by atoms with Gasteiger partial charge in [-0.2, -0.15) is 0 Å². The first kappa shape index (κ1) is 15.1. The van der Waals surface area contributed by atoms with Crippen LogP contribution in [0.3, 0.4) is 0 Å². The Morgan fingerprint density at radius 3 is 2.57 bits per heavy atom. The normalized spacial score (nSPS) is 22.0. The Labute approximate surface area is 132 Å². The van der Waals surface area contributed by atoms with Gasteiger partial charge in [-0.05, 0) is 56.3 Å². The predicted octanol–water partition coefficient (Wildman–Crippen LogP) is 3.60. The molecule has 1 aliphatic heterocycles. The first-order chi connectivity index (χ1) is 10.3. The van der Waals surface area contributed by atoms with Gasteiger partial charge in [0, 0.05) is 11.4 Å². The average molecular weight is 302 g/mol. The van der Waals surface area contributed by atoms with Crippen LogP contribution in [-0.2, 0) is 6.54 Å². The van der Waals surface area contributed by atoms with E-state index in [1.54, 1.807) is 0 Å². The van der Waals surface area contributed by atoms with Crippen molar-refractivity contribution in [2.45, 2.75) is 51.5 Å². The van der Waals surface area contributed by atoms with E-state index in [4.69, 9.17) is 5.73 Å². The molecule has 21 heavy (non-hydrogen) atoms. The van der Waals surface area contributed by atoms with Crippen molar-refractivity contribution in [3.8, 4) is 11.8 Å². The second-order valence-corrected chi connectivity index (χ2v) is 7.78. The van der Waals surface area contributed by atoms with Crippen LogP contribution in [0.1, 0.15) is 54.7 Å². The molecule has 2 N–H and O–H groups in total. The molecular formula is C18H26N2S. The minimum Gasteiger partial charge on any atom is -0.320 e. The highest BCUT2D eigenvalue weighted by molar-refractivity contribution is 7.12. The van der Waals surface area contributed by atoms with E-state index < -0.39 is 0 Å². The van der Waals surface area contributed by atoms with E-state index in [0.717, 1.165) is 11.4 Å². The zero-order valence-electron chi connectivity index (χ0n) is 12.9. The first-order valence-electron chi connectivity index (χ1n) is 8.30. The first-order valence-corrected chi connectivity index (χ1v) is 9.11. The highest BCUT2D eigenvalue weighted by Gasteiger charge is 2.35. The lowest BCUT2D eigenvalue weighted by atomic mass is 9.68. The highest BCUT2D eigenvalue weighted by Crippen LogP contribution is 2.44. The number of thiophene rings is 1. The summed E-state index contributed by atoms with van der Waals surface area (Å²) in [6.07, 6.45) is 10.2. The third-order valence-corrected chi connectivity index (χ3v) is 6.17. The van der Waals surface area contributed by atoms with Crippen molar-refractivity contribution in [3.63, 3.8) is 0 Å². The minimum absolute atomic E-state index is 0.446. The Bertz CT molecular complexity index is 507. The van der Waals surface area contributed by atoms with E-state index >= 15 is 0 Å². The maximum absolute atomic E-state index is 5.42. The summed E-state index contributed by atoms with van der Waals surface area (Å²) < 4.78 is 0. The Morgan fingerprint density at radius 2 is 1.86 bits per heavy atom. The number of nitrogens with zero attached hydrogens (tertiary/aromatic N) is 1. The van der Waals surface area contributed by atoms with Crippen molar-refractivity contribution < 1.29 is 0 Å². The van der Waals surface area contributed by atoms with Gasteiger partial charge in [-0.1, -0.05) is 31.1 Å². The van der Waals surface area contributed by atoms with Gasteiger partial charge in [0.05, 0.1) is 11.4 Å². The van der Waals surface area contributed by atoms with Gasteiger partial charge in [-0.25, -0.2) is 0 Å². The molecule has 1 aromatic heterocycles. The summed E-state index contributed by atoms with van der Waals surface area (Å²) >= 11 is 1.82. The Kier molecular flexibility index (Phi) is 5.00. The number of hydrogen-bond acceptors (Lipinski definition) is 3. The van der Waals surface area contributed by atoms with Crippen LogP contribution < -0.4 is 5.73 Å². The molecule has 0 bridgehead atoms. The number of likely N-dealkylation sites (tertiary alicyclic amines) is 1. The number of piperidine rings is 1.